The van der Waals surface area contributed by atoms with Crippen molar-refractivity contribution >= 4 is 5.82 Å². The van der Waals surface area contributed by atoms with E-state index < -0.39 is 0 Å². The molecule has 0 radical (unpaired) electrons. The number of H-pyrrole nitrogens is 1. The highest BCUT2D eigenvalue weighted by Gasteiger charge is 2.10. The fourth-order valence-electron chi connectivity index (χ4n) is 1.77. The Balaban J connectivity index is 2.20. The van der Waals surface area contributed by atoms with Gasteiger partial charge in [0.2, 0.25) is 0 Å². The third-order valence-electron chi connectivity index (χ3n) is 2.72. The number of halogens is 1. The molecule has 5 heteroatoms. The summed E-state index contributed by atoms with van der Waals surface area (Å²) in [5.41, 5.74) is 2.59. The van der Waals surface area contributed by atoms with Crippen LogP contribution in [0.25, 0.3) is 11.3 Å². The van der Waals surface area contributed by atoms with Gasteiger partial charge in [0.1, 0.15) is 5.82 Å². The number of rotatable bonds is 5. The first kappa shape index (κ1) is 12.6. The molecule has 2 rings (SSSR count). The number of aromatic amines is 1. The molecule has 1 heterocycles. The van der Waals surface area contributed by atoms with E-state index in [1.54, 1.807) is 13.2 Å². The number of ether oxygens (including phenoxy) is 1. The SMILES string of the molecule is COCCNc1n[nH]c(-c2cccc(F)c2)c1C. The van der Waals surface area contributed by atoms with Gasteiger partial charge in [-0.2, -0.15) is 5.10 Å². The third kappa shape index (κ3) is 2.68. The Bertz CT molecular complexity index is 525. The fourth-order valence-corrected chi connectivity index (χ4v) is 1.77. The van der Waals surface area contributed by atoms with Gasteiger partial charge in [-0.05, 0) is 19.1 Å². The fraction of sp³-hybridized carbons (Fsp3) is 0.308. The molecule has 0 bridgehead atoms. The predicted octanol–water partition coefficient (Wildman–Crippen LogP) is 2.58. The van der Waals surface area contributed by atoms with Crippen LogP contribution in [0.2, 0.25) is 0 Å². The number of nitrogens with zero attached hydrogens (tertiary/aromatic N) is 1. The van der Waals surface area contributed by atoms with E-state index in [9.17, 15) is 4.39 Å². The second-order valence-corrected chi connectivity index (χ2v) is 4.00. The lowest BCUT2D eigenvalue weighted by Crippen LogP contribution is -2.08. The molecule has 2 aromatic rings. The lowest BCUT2D eigenvalue weighted by molar-refractivity contribution is 0.210. The molecule has 0 amide bonds. The Morgan fingerprint density at radius 2 is 2.28 bits per heavy atom. The van der Waals surface area contributed by atoms with Crippen LogP contribution in [0.4, 0.5) is 10.2 Å². The maximum Gasteiger partial charge on any atom is 0.151 e. The highest BCUT2D eigenvalue weighted by atomic mass is 19.1. The Morgan fingerprint density at radius 1 is 1.44 bits per heavy atom. The van der Waals surface area contributed by atoms with Crippen molar-refractivity contribution in [1.29, 1.82) is 0 Å². The Hall–Kier alpha value is -1.88. The van der Waals surface area contributed by atoms with Gasteiger partial charge in [0.05, 0.1) is 12.3 Å². The predicted molar refractivity (Wildman–Crippen MR) is 69.1 cm³/mol. The zero-order chi connectivity index (χ0) is 13.0. The van der Waals surface area contributed by atoms with E-state index in [4.69, 9.17) is 4.74 Å². The van der Waals surface area contributed by atoms with Gasteiger partial charge < -0.3 is 10.1 Å². The zero-order valence-corrected chi connectivity index (χ0v) is 10.5. The van der Waals surface area contributed by atoms with Crippen LogP contribution in [0.5, 0.6) is 0 Å². The molecule has 0 saturated carbocycles. The maximum atomic E-state index is 13.2. The van der Waals surface area contributed by atoms with Gasteiger partial charge in [-0.1, -0.05) is 12.1 Å². The van der Waals surface area contributed by atoms with Gasteiger partial charge in [-0.3, -0.25) is 5.10 Å². The zero-order valence-electron chi connectivity index (χ0n) is 10.5. The van der Waals surface area contributed by atoms with Crippen LogP contribution in [0, 0.1) is 12.7 Å². The first-order valence-corrected chi connectivity index (χ1v) is 5.76. The van der Waals surface area contributed by atoms with E-state index in [0.29, 0.717) is 13.2 Å². The topological polar surface area (TPSA) is 49.9 Å². The minimum atomic E-state index is -0.254. The maximum absolute atomic E-state index is 13.2. The van der Waals surface area contributed by atoms with Crippen LogP contribution < -0.4 is 5.32 Å². The molecule has 0 atom stereocenters. The summed E-state index contributed by atoms with van der Waals surface area (Å²) in [6, 6.07) is 6.44. The molecule has 0 aliphatic rings. The first-order valence-electron chi connectivity index (χ1n) is 5.76. The van der Waals surface area contributed by atoms with Crippen molar-refractivity contribution in [2.45, 2.75) is 6.92 Å². The number of hydrogen-bond donors (Lipinski definition) is 2. The quantitative estimate of drug-likeness (QED) is 0.801. The molecule has 0 unspecified atom stereocenters. The average molecular weight is 249 g/mol. The summed E-state index contributed by atoms with van der Waals surface area (Å²) in [4.78, 5) is 0. The van der Waals surface area contributed by atoms with Gasteiger partial charge in [-0.25, -0.2) is 4.39 Å². The van der Waals surface area contributed by atoms with E-state index in [1.165, 1.54) is 12.1 Å². The number of aromatic nitrogens is 2. The molecule has 2 N–H and O–H groups in total. The second kappa shape index (κ2) is 5.64. The molecular formula is C13H16FN3O. The van der Waals surface area contributed by atoms with Crippen molar-refractivity contribution in [3.63, 3.8) is 0 Å². The van der Waals surface area contributed by atoms with Crippen molar-refractivity contribution in [2.24, 2.45) is 0 Å². The third-order valence-corrected chi connectivity index (χ3v) is 2.72. The normalized spacial score (nSPS) is 10.6. The molecular weight excluding hydrogens is 233 g/mol. The van der Waals surface area contributed by atoms with E-state index in [0.717, 1.165) is 22.6 Å². The molecule has 18 heavy (non-hydrogen) atoms. The van der Waals surface area contributed by atoms with E-state index in [2.05, 4.69) is 15.5 Å². The van der Waals surface area contributed by atoms with Crippen molar-refractivity contribution < 1.29 is 9.13 Å². The molecule has 1 aromatic carbocycles. The van der Waals surface area contributed by atoms with Crippen LogP contribution in [-0.4, -0.2) is 30.5 Å². The molecule has 1 aromatic heterocycles. The van der Waals surface area contributed by atoms with E-state index in [1.807, 2.05) is 13.0 Å². The first-order chi connectivity index (χ1) is 8.72. The van der Waals surface area contributed by atoms with E-state index >= 15 is 0 Å². The number of benzene rings is 1. The highest BCUT2D eigenvalue weighted by molar-refractivity contribution is 5.68. The minimum absolute atomic E-state index is 0.254. The lowest BCUT2D eigenvalue weighted by atomic mass is 10.1. The monoisotopic (exact) mass is 249 g/mol. The summed E-state index contributed by atoms with van der Waals surface area (Å²) in [5, 5.41) is 10.3. The number of methoxy groups -OCH3 is 1. The smallest absolute Gasteiger partial charge is 0.151 e. The van der Waals surface area contributed by atoms with Crippen molar-refractivity contribution in [2.75, 3.05) is 25.6 Å². The molecule has 0 fully saturated rings. The summed E-state index contributed by atoms with van der Waals surface area (Å²) in [5.74, 6) is 0.515. The van der Waals surface area contributed by atoms with Crippen LogP contribution in [-0.2, 0) is 4.74 Å². The summed E-state index contributed by atoms with van der Waals surface area (Å²) in [6.07, 6.45) is 0. The summed E-state index contributed by atoms with van der Waals surface area (Å²) < 4.78 is 18.1. The van der Waals surface area contributed by atoms with Gasteiger partial charge in [0.15, 0.2) is 5.82 Å². The Labute approximate surface area is 105 Å². The molecule has 0 saturated heterocycles. The van der Waals surface area contributed by atoms with Crippen LogP contribution in [0.15, 0.2) is 24.3 Å². The summed E-state index contributed by atoms with van der Waals surface area (Å²) in [6.45, 7) is 3.24. The molecule has 0 aliphatic heterocycles. The van der Waals surface area contributed by atoms with Crippen LogP contribution in [0.1, 0.15) is 5.56 Å². The molecule has 4 nitrogen and oxygen atoms in total. The Morgan fingerprint density at radius 3 is 3.00 bits per heavy atom. The number of hydrogen-bond acceptors (Lipinski definition) is 3. The van der Waals surface area contributed by atoms with Gasteiger partial charge >= 0.3 is 0 Å². The molecule has 96 valence electrons. The van der Waals surface area contributed by atoms with Gasteiger partial charge in [-0.15, -0.1) is 0 Å². The lowest BCUT2D eigenvalue weighted by Gasteiger charge is -2.03. The van der Waals surface area contributed by atoms with Crippen molar-refractivity contribution in [3.8, 4) is 11.3 Å². The average Bonchev–Trinajstić information content (AvgIpc) is 2.72. The standard InChI is InChI=1S/C13H16FN3O/c1-9-12(10-4-3-5-11(14)8-10)16-17-13(9)15-6-7-18-2/h3-5,8H,6-7H2,1-2H3,(H2,15,16,17). The van der Waals surface area contributed by atoms with E-state index in [-0.39, 0.29) is 5.82 Å². The van der Waals surface area contributed by atoms with Crippen LogP contribution in [0.3, 0.4) is 0 Å². The highest BCUT2D eigenvalue weighted by Crippen LogP contribution is 2.25. The van der Waals surface area contributed by atoms with Crippen molar-refractivity contribution in [1.82, 2.24) is 10.2 Å². The Kier molecular flexibility index (Phi) is 3.94. The van der Waals surface area contributed by atoms with Gasteiger partial charge in [0, 0.05) is 24.8 Å². The van der Waals surface area contributed by atoms with Crippen molar-refractivity contribution in [3.05, 3.63) is 35.6 Å². The minimum Gasteiger partial charge on any atom is -0.383 e. The summed E-state index contributed by atoms with van der Waals surface area (Å²) >= 11 is 0. The summed E-state index contributed by atoms with van der Waals surface area (Å²) in [7, 11) is 1.65. The van der Waals surface area contributed by atoms with Crippen LogP contribution >= 0.6 is 0 Å². The second-order valence-electron chi connectivity index (χ2n) is 4.00. The van der Waals surface area contributed by atoms with Gasteiger partial charge in [0.25, 0.3) is 0 Å². The number of anilines is 1. The molecule has 0 aliphatic carbocycles. The largest absolute Gasteiger partial charge is 0.383 e. The molecule has 0 spiro atoms. The number of nitrogens with one attached hydrogen (secondary N) is 2.